The molecule has 1 aliphatic heterocycles. The van der Waals surface area contributed by atoms with Gasteiger partial charge in [0.2, 0.25) is 6.29 Å². The predicted molar refractivity (Wildman–Crippen MR) is 77.5 cm³/mol. The molecular formula is C15H18O8. The van der Waals surface area contributed by atoms with Crippen LogP contribution in [0.2, 0.25) is 0 Å². The molecular weight excluding hydrogens is 308 g/mol. The van der Waals surface area contributed by atoms with Crippen molar-refractivity contribution in [3.63, 3.8) is 0 Å². The van der Waals surface area contributed by atoms with Gasteiger partial charge in [0.05, 0.1) is 6.61 Å². The first kappa shape index (κ1) is 17.4. The lowest BCUT2D eigenvalue weighted by molar-refractivity contribution is -0.277. The lowest BCUT2D eigenvalue weighted by Gasteiger charge is -2.39. The minimum atomic E-state index is -1.55. The van der Waals surface area contributed by atoms with Gasteiger partial charge in [-0.05, 0) is 12.1 Å². The maximum Gasteiger partial charge on any atom is 0.328 e. The number of carbonyl (C=O) groups is 1. The van der Waals surface area contributed by atoms with E-state index < -0.39 is 43.3 Å². The van der Waals surface area contributed by atoms with Crippen LogP contribution in [0.5, 0.6) is 5.75 Å². The average molecular weight is 326 g/mol. The Hall–Kier alpha value is -1.97. The molecule has 1 aromatic rings. The highest BCUT2D eigenvalue weighted by atomic mass is 16.7. The van der Waals surface area contributed by atoms with Crippen LogP contribution >= 0.6 is 0 Å². The number of benzene rings is 1. The van der Waals surface area contributed by atoms with E-state index in [-0.39, 0.29) is 5.75 Å². The van der Waals surface area contributed by atoms with Gasteiger partial charge in [0.1, 0.15) is 30.2 Å². The van der Waals surface area contributed by atoms with Crippen molar-refractivity contribution in [2.45, 2.75) is 30.7 Å². The summed E-state index contributed by atoms with van der Waals surface area (Å²) in [6, 6.07) is 6.43. The maximum atomic E-state index is 10.6. The summed E-state index contributed by atoms with van der Waals surface area (Å²) in [5.74, 6) is -0.915. The van der Waals surface area contributed by atoms with Crippen molar-refractivity contribution in [3.05, 3.63) is 35.9 Å². The molecule has 0 amide bonds. The van der Waals surface area contributed by atoms with E-state index in [1.807, 2.05) is 0 Å². The Morgan fingerprint density at radius 3 is 2.52 bits per heavy atom. The smallest absolute Gasteiger partial charge is 0.328 e. The number of carboxylic acid groups (broad SMARTS) is 1. The van der Waals surface area contributed by atoms with Gasteiger partial charge in [-0.15, -0.1) is 0 Å². The molecule has 5 N–H and O–H groups in total. The largest absolute Gasteiger partial charge is 0.478 e. The molecule has 5 atom stereocenters. The van der Waals surface area contributed by atoms with Gasteiger partial charge in [-0.3, -0.25) is 0 Å². The molecule has 1 fully saturated rings. The number of ether oxygens (including phenoxy) is 2. The Morgan fingerprint density at radius 2 is 1.87 bits per heavy atom. The zero-order valence-corrected chi connectivity index (χ0v) is 12.0. The lowest BCUT2D eigenvalue weighted by atomic mass is 9.99. The molecule has 0 bridgehead atoms. The summed E-state index contributed by atoms with van der Waals surface area (Å²) in [6.07, 6.45) is -4.74. The highest BCUT2D eigenvalue weighted by Gasteiger charge is 2.44. The van der Waals surface area contributed by atoms with Crippen molar-refractivity contribution in [1.82, 2.24) is 0 Å². The van der Waals surface area contributed by atoms with Crippen molar-refractivity contribution in [2.24, 2.45) is 0 Å². The van der Waals surface area contributed by atoms with Crippen molar-refractivity contribution in [3.8, 4) is 5.75 Å². The minimum Gasteiger partial charge on any atom is -0.478 e. The van der Waals surface area contributed by atoms with E-state index in [4.69, 9.17) is 19.7 Å². The molecule has 1 aliphatic rings. The molecule has 1 aromatic carbocycles. The molecule has 0 aromatic heterocycles. The Balaban J connectivity index is 2.19. The van der Waals surface area contributed by atoms with Crippen LogP contribution in [-0.4, -0.2) is 68.8 Å². The van der Waals surface area contributed by atoms with Gasteiger partial charge in [-0.1, -0.05) is 18.2 Å². The van der Waals surface area contributed by atoms with Gasteiger partial charge < -0.3 is 35.0 Å². The van der Waals surface area contributed by atoms with E-state index in [2.05, 4.69) is 0 Å². The number of aliphatic hydroxyl groups excluding tert-OH is 4. The van der Waals surface area contributed by atoms with Crippen LogP contribution in [0.1, 0.15) is 5.56 Å². The van der Waals surface area contributed by atoms with E-state index >= 15 is 0 Å². The fourth-order valence-electron chi connectivity index (χ4n) is 2.18. The average Bonchev–Trinajstić information content (AvgIpc) is 2.54. The summed E-state index contributed by atoms with van der Waals surface area (Å²) in [4.78, 5) is 10.6. The number of para-hydroxylation sites is 1. The van der Waals surface area contributed by atoms with Gasteiger partial charge >= 0.3 is 5.97 Å². The second kappa shape index (κ2) is 7.53. The fraction of sp³-hybridized carbons (Fsp3) is 0.400. The van der Waals surface area contributed by atoms with Crippen molar-refractivity contribution in [1.29, 1.82) is 0 Å². The SMILES string of the molecule is O=C(O)C=Cc1ccccc1O[C@@H]1O[C@@H](CO)[C@H](O)[C@H](O)[C@H]1O. The molecule has 126 valence electrons. The van der Waals surface area contributed by atoms with Crippen LogP contribution < -0.4 is 4.74 Å². The molecule has 0 unspecified atom stereocenters. The van der Waals surface area contributed by atoms with Gasteiger partial charge in [-0.25, -0.2) is 4.79 Å². The zero-order chi connectivity index (χ0) is 17.0. The summed E-state index contributed by atoms with van der Waals surface area (Å²) in [7, 11) is 0. The number of aliphatic hydroxyl groups is 4. The van der Waals surface area contributed by atoms with Crippen molar-refractivity contribution < 1.29 is 39.8 Å². The maximum absolute atomic E-state index is 10.6. The second-order valence-corrected chi connectivity index (χ2v) is 5.02. The molecule has 2 rings (SSSR count). The standard InChI is InChI=1S/C15H18O8/c16-7-10-12(19)13(20)14(21)15(23-10)22-9-4-2-1-3-8(9)5-6-11(17)18/h1-6,10,12-16,19-21H,7H2,(H,17,18)/t10-,12-,13-,14+,15+/m0/s1. The first-order valence-corrected chi connectivity index (χ1v) is 6.91. The fourth-order valence-corrected chi connectivity index (χ4v) is 2.18. The van der Waals surface area contributed by atoms with Crippen molar-refractivity contribution in [2.75, 3.05) is 6.61 Å². The topological polar surface area (TPSA) is 137 Å². The van der Waals surface area contributed by atoms with Crippen LogP contribution in [0.3, 0.4) is 0 Å². The lowest BCUT2D eigenvalue weighted by Crippen LogP contribution is -2.60. The first-order chi connectivity index (χ1) is 10.9. The number of carboxylic acids is 1. The van der Waals surface area contributed by atoms with Gasteiger partial charge in [0.25, 0.3) is 0 Å². The number of rotatable bonds is 5. The number of hydrogen-bond acceptors (Lipinski definition) is 7. The van der Waals surface area contributed by atoms with Crippen LogP contribution in [-0.2, 0) is 9.53 Å². The predicted octanol–water partition coefficient (Wildman–Crippen LogP) is -1.04. The molecule has 0 radical (unpaired) electrons. The summed E-state index contributed by atoms with van der Waals surface area (Å²) in [5, 5.41) is 47.2. The van der Waals surface area contributed by atoms with Crippen LogP contribution in [0.25, 0.3) is 6.08 Å². The third-order valence-corrected chi connectivity index (χ3v) is 3.42. The van der Waals surface area contributed by atoms with E-state index in [0.717, 1.165) is 6.08 Å². The highest BCUT2D eigenvalue weighted by Crippen LogP contribution is 2.27. The van der Waals surface area contributed by atoms with E-state index in [1.54, 1.807) is 18.2 Å². The first-order valence-electron chi connectivity index (χ1n) is 6.91. The molecule has 23 heavy (non-hydrogen) atoms. The number of aliphatic carboxylic acids is 1. The molecule has 8 nitrogen and oxygen atoms in total. The monoisotopic (exact) mass is 326 g/mol. The normalized spacial score (nSPS) is 31.2. The second-order valence-electron chi connectivity index (χ2n) is 5.02. The summed E-state index contributed by atoms with van der Waals surface area (Å²) < 4.78 is 10.7. The van der Waals surface area contributed by atoms with Gasteiger partial charge in [0.15, 0.2) is 0 Å². The van der Waals surface area contributed by atoms with Gasteiger partial charge in [-0.2, -0.15) is 0 Å². The van der Waals surface area contributed by atoms with Crippen molar-refractivity contribution >= 4 is 12.0 Å². The summed E-state index contributed by atoms with van der Waals surface area (Å²) in [6.45, 7) is -0.564. The summed E-state index contributed by atoms with van der Waals surface area (Å²) in [5.41, 5.74) is 0.423. The van der Waals surface area contributed by atoms with E-state index in [9.17, 15) is 20.1 Å². The Labute approximate surface area is 131 Å². The minimum absolute atomic E-state index is 0.217. The molecule has 1 saturated heterocycles. The zero-order valence-electron chi connectivity index (χ0n) is 12.0. The Bertz CT molecular complexity index is 570. The molecule has 0 aliphatic carbocycles. The van der Waals surface area contributed by atoms with E-state index in [0.29, 0.717) is 5.56 Å². The number of hydrogen-bond donors (Lipinski definition) is 5. The Kier molecular flexibility index (Phi) is 5.69. The van der Waals surface area contributed by atoms with Gasteiger partial charge in [0, 0.05) is 11.6 Å². The Morgan fingerprint density at radius 1 is 1.17 bits per heavy atom. The molecule has 8 heteroatoms. The third kappa shape index (κ3) is 4.06. The van der Waals surface area contributed by atoms with Crippen LogP contribution in [0.15, 0.2) is 30.3 Å². The van der Waals surface area contributed by atoms with Crippen LogP contribution in [0, 0.1) is 0 Å². The molecule has 1 heterocycles. The molecule has 0 spiro atoms. The molecule has 0 saturated carbocycles. The third-order valence-electron chi connectivity index (χ3n) is 3.42. The highest BCUT2D eigenvalue weighted by molar-refractivity contribution is 5.85. The quantitative estimate of drug-likeness (QED) is 0.433. The summed E-state index contributed by atoms with van der Waals surface area (Å²) >= 11 is 0. The van der Waals surface area contributed by atoms with E-state index in [1.165, 1.54) is 12.1 Å². The van der Waals surface area contributed by atoms with Crippen LogP contribution in [0.4, 0.5) is 0 Å².